The number of nitrogens with zero attached hydrogens (tertiary/aromatic N) is 1. The number of carbonyl (C=O) groups excluding carboxylic acids is 1. The van der Waals surface area contributed by atoms with Crippen LogP contribution in [0.5, 0.6) is 23.0 Å². The summed E-state index contributed by atoms with van der Waals surface area (Å²) >= 11 is 7.91. The molecule has 5 rings (SSSR count). The summed E-state index contributed by atoms with van der Waals surface area (Å²) in [5.74, 6) is 1.91. The Morgan fingerprint density at radius 1 is 0.860 bits per heavy atom. The summed E-state index contributed by atoms with van der Waals surface area (Å²) in [6.45, 7) is 5.10. The molecular formula is C34H31ClN2O5S. The highest BCUT2D eigenvalue weighted by Crippen LogP contribution is 2.39. The van der Waals surface area contributed by atoms with Gasteiger partial charge in [0.1, 0.15) is 13.2 Å². The number of rotatable bonds is 11. The third kappa shape index (κ3) is 7.91. The second-order valence-corrected chi connectivity index (χ2v) is 11.1. The molecule has 1 amide bonds. The van der Waals surface area contributed by atoms with Gasteiger partial charge in [0, 0.05) is 0 Å². The first kappa shape index (κ1) is 30.1. The molecule has 0 radical (unpaired) electrons. The van der Waals surface area contributed by atoms with Gasteiger partial charge in [-0.2, -0.15) is 0 Å². The topological polar surface area (TPSA) is 78.4 Å². The summed E-state index contributed by atoms with van der Waals surface area (Å²) in [5, 5.41) is 3.68. The van der Waals surface area contributed by atoms with E-state index in [2.05, 4.69) is 10.3 Å². The number of amidine groups is 1. The predicted octanol–water partition coefficient (Wildman–Crippen LogP) is 8.11. The van der Waals surface area contributed by atoms with Crippen molar-refractivity contribution in [3.8, 4) is 23.0 Å². The average molecular weight is 615 g/mol. The standard InChI is InChI=1S/C34H31ClN2O5S/c1-4-40-29-17-24(12-15-28(29)41-20-23-8-6-5-7-9-23)21-42-32-27(35)16-25(18-30(32)39-3)19-31-33(38)37-34(43-31)36-26-13-10-22(2)11-14-26/h5-19H,4,20-21H2,1-3H3,(H,36,37,38)/b31-19+. The molecule has 0 atom stereocenters. The number of hydrogen-bond acceptors (Lipinski definition) is 7. The lowest BCUT2D eigenvalue weighted by molar-refractivity contribution is -0.115. The number of aryl methyl sites for hydroxylation is 1. The van der Waals surface area contributed by atoms with E-state index in [1.165, 1.54) is 11.8 Å². The van der Waals surface area contributed by atoms with Crippen molar-refractivity contribution in [2.45, 2.75) is 27.1 Å². The van der Waals surface area contributed by atoms with Crippen molar-refractivity contribution >= 4 is 46.2 Å². The molecule has 4 aromatic rings. The fourth-order valence-electron chi connectivity index (χ4n) is 4.25. The van der Waals surface area contributed by atoms with Gasteiger partial charge in [-0.05, 0) is 84.8 Å². The van der Waals surface area contributed by atoms with Gasteiger partial charge in [-0.15, -0.1) is 0 Å². The Kier molecular flexibility index (Phi) is 9.92. The molecule has 0 bridgehead atoms. The summed E-state index contributed by atoms with van der Waals surface area (Å²) in [6, 6.07) is 27.0. The Morgan fingerprint density at radius 2 is 1.63 bits per heavy atom. The Bertz CT molecular complexity index is 1660. The van der Waals surface area contributed by atoms with E-state index in [-0.39, 0.29) is 12.5 Å². The maximum Gasteiger partial charge on any atom is 0.264 e. The number of aliphatic imine (C=N–C) groups is 1. The van der Waals surface area contributed by atoms with Crippen molar-refractivity contribution in [1.29, 1.82) is 0 Å². The van der Waals surface area contributed by atoms with Gasteiger partial charge < -0.3 is 24.3 Å². The highest BCUT2D eigenvalue weighted by molar-refractivity contribution is 8.18. The molecule has 1 heterocycles. The van der Waals surface area contributed by atoms with E-state index in [4.69, 9.17) is 30.5 Å². The molecule has 0 aromatic heterocycles. The Morgan fingerprint density at radius 3 is 2.37 bits per heavy atom. The van der Waals surface area contributed by atoms with Gasteiger partial charge in [-0.3, -0.25) is 4.79 Å². The summed E-state index contributed by atoms with van der Waals surface area (Å²) in [5.41, 5.74) is 4.55. The molecular weight excluding hydrogens is 584 g/mol. The van der Waals surface area contributed by atoms with Crippen molar-refractivity contribution < 1.29 is 23.7 Å². The first-order valence-corrected chi connectivity index (χ1v) is 14.9. The molecule has 1 aliphatic rings. The minimum atomic E-state index is -0.229. The first-order chi connectivity index (χ1) is 20.9. The Hall–Kier alpha value is -4.40. The number of hydrogen-bond donors (Lipinski definition) is 1. The number of halogens is 1. The first-order valence-electron chi connectivity index (χ1n) is 13.7. The van der Waals surface area contributed by atoms with Gasteiger partial charge in [0.15, 0.2) is 28.2 Å². The second-order valence-electron chi connectivity index (χ2n) is 9.63. The zero-order chi connectivity index (χ0) is 30.2. The molecule has 0 aliphatic carbocycles. The average Bonchev–Trinajstić information content (AvgIpc) is 3.35. The smallest absolute Gasteiger partial charge is 0.264 e. The number of nitrogens with one attached hydrogen (secondary N) is 1. The predicted molar refractivity (Wildman–Crippen MR) is 173 cm³/mol. The van der Waals surface area contributed by atoms with Crippen LogP contribution in [0.1, 0.15) is 29.2 Å². The highest BCUT2D eigenvalue weighted by Gasteiger charge is 2.24. The number of methoxy groups -OCH3 is 1. The van der Waals surface area contributed by atoms with Gasteiger partial charge in [0.25, 0.3) is 5.91 Å². The van der Waals surface area contributed by atoms with E-state index < -0.39 is 0 Å². The molecule has 4 aromatic carbocycles. The Labute approximate surface area is 260 Å². The van der Waals surface area contributed by atoms with E-state index in [0.29, 0.717) is 56.9 Å². The summed E-state index contributed by atoms with van der Waals surface area (Å²) in [6.07, 6.45) is 1.75. The van der Waals surface area contributed by atoms with E-state index in [1.54, 1.807) is 25.3 Å². The molecule has 1 saturated heterocycles. The fraction of sp³-hybridized carbons (Fsp3) is 0.176. The minimum absolute atomic E-state index is 0.229. The van der Waals surface area contributed by atoms with E-state index in [9.17, 15) is 4.79 Å². The highest BCUT2D eigenvalue weighted by atomic mass is 35.5. The van der Waals surface area contributed by atoms with Crippen molar-refractivity contribution in [3.63, 3.8) is 0 Å². The number of ether oxygens (including phenoxy) is 4. The number of amides is 1. The van der Waals surface area contributed by atoms with E-state index >= 15 is 0 Å². The van der Waals surface area contributed by atoms with Crippen molar-refractivity contribution in [1.82, 2.24) is 5.32 Å². The van der Waals surface area contributed by atoms with Crippen molar-refractivity contribution in [2.75, 3.05) is 13.7 Å². The van der Waals surface area contributed by atoms with Crippen LogP contribution in [0.4, 0.5) is 5.69 Å². The maximum absolute atomic E-state index is 12.6. The quantitative estimate of drug-likeness (QED) is 0.172. The maximum atomic E-state index is 12.6. The second kappa shape index (κ2) is 14.2. The van der Waals surface area contributed by atoms with Crippen molar-refractivity contribution in [3.05, 3.63) is 117 Å². The van der Waals surface area contributed by atoms with Crippen molar-refractivity contribution in [2.24, 2.45) is 4.99 Å². The summed E-state index contributed by atoms with van der Waals surface area (Å²) < 4.78 is 23.6. The number of benzene rings is 4. The van der Waals surface area contributed by atoms with Crippen LogP contribution >= 0.6 is 23.4 Å². The van der Waals surface area contributed by atoms with Gasteiger partial charge in [0.05, 0.1) is 29.3 Å². The third-order valence-electron chi connectivity index (χ3n) is 6.39. The van der Waals surface area contributed by atoms with Gasteiger partial charge in [0.2, 0.25) is 0 Å². The molecule has 1 N–H and O–H groups in total. The SMILES string of the molecule is CCOc1cc(COc2c(Cl)cc(/C=C3/SC(=Nc4ccc(C)cc4)NC3=O)cc2OC)ccc1OCc1ccccc1. The molecule has 1 fully saturated rings. The molecule has 43 heavy (non-hydrogen) atoms. The molecule has 220 valence electrons. The molecule has 7 nitrogen and oxygen atoms in total. The molecule has 0 saturated carbocycles. The minimum Gasteiger partial charge on any atom is -0.493 e. The van der Waals surface area contributed by atoms with E-state index in [0.717, 1.165) is 22.4 Å². The van der Waals surface area contributed by atoms with Crippen LogP contribution in [0.2, 0.25) is 5.02 Å². The number of carbonyl (C=O) groups is 1. The number of thioether (sulfide) groups is 1. The van der Waals surface area contributed by atoms with Crippen LogP contribution in [-0.2, 0) is 18.0 Å². The monoisotopic (exact) mass is 614 g/mol. The van der Waals surface area contributed by atoms with Gasteiger partial charge in [-0.1, -0.05) is 65.7 Å². The summed E-state index contributed by atoms with van der Waals surface area (Å²) in [4.78, 5) is 17.6. The van der Waals surface area contributed by atoms with Gasteiger partial charge in [-0.25, -0.2) is 4.99 Å². The summed E-state index contributed by atoms with van der Waals surface area (Å²) in [7, 11) is 1.55. The van der Waals surface area contributed by atoms with Crippen LogP contribution in [0.15, 0.2) is 94.8 Å². The lowest BCUT2D eigenvalue weighted by Crippen LogP contribution is -2.19. The normalized spacial score (nSPS) is 14.6. The zero-order valence-electron chi connectivity index (χ0n) is 24.1. The van der Waals surface area contributed by atoms with Crippen LogP contribution in [0.25, 0.3) is 6.08 Å². The van der Waals surface area contributed by atoms with Crippen LogP contribution in [-0.4, -0.2) is 24.8 Å². The molecule has 1 aliphatic heterocycles. The zero-order valence-corrected chi connectivity index (χ0v) is 25.6. The Balaban J connectivity index is 1.28. The van der Waals surface area contributed by atoms with Crippen LogP contribution in [0, 0.1) is 6.92 Å². The van der Waals surface area contributed by atoms with Crippen LogP contribution < -0.4 is 24.3 Å². The largest absolute Gasteiger partial charge is 0.493 e. The molecule has 0 unspecified atom stereocenters. The fourth-order valence-corrected chi connectivity index (χ4v) is 5.37. The lowest BCUT2D eigenvalue weighted by atomic mass is 10.1. The third-order valence-corrected chi connectivity index (χ3v) is 7.58. The molecule has 9 heteroatoms. The van der Waals surface area contributed by atoms with E-state index in [1.807, 2.05) is 86.6 Å². The lowest BCUT2D eigenvalue weighted by Gasteiger charge is -2.16. The van der Waals surface area contributed by atoms with Crippen LogP contribution in [0.3, 0.4) is 0 Å². The van der Waals surface area contributed by atoms with Gasteiger partial charge >= 0.3 is 0 Å². The molecule has 0 spiro atoms.